The van der Waals surface area contributed by atoms with Crippen LogP contribution in [0.25, 0.3) is 10.9 Å². The van der Waals surface area contributed by atoms with E-state index in [0.29, 0.717) is 12.6 Å². The standard InChI is InChI=1S/C19H26N4O/c1-4-20-19(24)23-9-7-15(8-10-23)21-18-12-14(3)16-11-13(2)5-6-17(16)22-18/h5-6,11-12,15H,4,7-10H2,1-3H3,(H,20,24)(H,21,22). The summed E-state index contributed by atoms with van der Waals surface area (Å²) in [5.41, 5.74) is 3.53. The van der Waals surface area contributed by atoms with Crippen LogP contribution < -0.4 is 10.6 Å². The Morgan fingerprint density at radius 1 is 1.25 bits per heavy atom. The lowest BCUT2D eigenvalue weighted by Crippen LogP contribution is -2.46. The third kappa shape index (κ3) is 3.61. The van der Waals surface area contributed by atoms with Gasteiger partial charge in [0.1, 0.15) is 5.82 Å². The summed E-state index contributed by atoms with van der Waals surface area (Å²) in [4.78, 5) is 18.5. The van der Waals surface area contributed by atoms with Crippen LogP contribution in [0.4, 0.5) is 10.6 Å². The maximum atomic E-state index is 11.9. The zero-order chi connectivity index (χ0) is 17.1. The first kappa shape index (κ1) is 16.6. The Balaban J connectivity index is 1.66. The first-order valence-corrected chi connectivity index (χ1v) is 8.74. The van der Waals surface area contributed by atoms with Crippen LogP contribution in [0.15, 0.2) is 24.3 Å². The van der Waals surface area contributed by atoms with Crippen molar-refractivity contribution in [2.24, 2.45) is 0 Å². The molecule has 1 aliphatic rings. The molecule has 1 aromatic carbocycles. The number of amides is 2. The van der Waals surface area contributed by atoms with Gasteiger partial charge in [-0.05, 0) is 57.4 Å². The molecule has 1 aliphatic heterocycles. The minimum atomic E-state index is 0.0472. The molecule has 2 amide bonds. The topological polar surface area (TPSA) is 57.3 Å². The number of likely N-dealkylation sites (tertiary alicyclic amines) is 1. The first-order valence-electron chi connectivity index (χ1n) is 8.74. The van der Waals surface area contributed by atoms with Crippen LogP contribution in [0.1, 0.15) is 30.9 Å². The lowest BCUT2D eigenvalue weighted by molar-refractivity contribution is 0.184. The Labute approximate surface area is 143 Å². The molecule has 2 heterocycles. The average Bonchev–Trinajstić information content (AvgIpc) is 2.56. The van der Waals surface area contributed by atoms with E-state index in [4.69, 9.17) is 4.98 Å². The predicted molar refractivity (Wildman–Crippen MR) is 98.5 cm³/mol. The fraction of sp³-hybridized carbons (Fsp3) is 0.474. The molecule has 5 heteroatoms. The van der Waals surface area contributed by atoms with Crippen molar-refractivity contribution >= 4 is 22.8 Å². The van der Waals surface area contributed by atoms with Gasteiger partial charge in [-0.3, -0.25) is 0 Å². The van der Waals surface area contributed by atoms with Gasteiger partial charge in [0.05, 0.1) is 5.52 Å². The number of rotatable bonds is 3. The van der Waals surface area contributed by atoms with Crippen molar-refractivity contribution < 1.29 is 4.79 Å². The van der Waals surface area contributed by atoms with E-state index < -0.39 is 0 Å². The van der Waals surface area contributed by atoms with Crippen LogP contribution in [-0.2, 0) is 0 Å². The maximum Gasteiger partial charge on any atom is 0.317 e. The van der Waals surface area contributed by atoms with Crippen LogP contribution in [0.5, 0.6) is 0 Å². The molecule has 2 aromatic rings. The monoisotopic (exact) mass is 326 g/mol. The van der Waals surface area contributed by atoms with E-state index in [1.54, 1.807) is 0 Å². The van der Waals surface area contributed by atoms with Gasteiger partial charge in [0, 0.05) is 31.1 Å². The summed E-state index contributed by atoms with van der Waals surface area (Å²) in [6, 6.07) is 8.91. The first-order chi connectivity index (χ1) is 11.6. The molecule has 1 aromatic heterocycles. The number of piperidine rings is 1. The molecule has 1 saturated heterocycles. The quantitative estimate of drug-likeness (QED) is 0.908. The van der Waals surface area contributed by atoms with E-state index in [2.05, 4.69) is 48.7 Å². The molecule has 0 saturated carbocycles. The van der Waals surface area contributed by atoms with Gasteiger partial charge in [0.2, 0.25) is 0 Å². The second kappa shape index (κ2) is 7.07. The highest BCUT2D eigenvalue weighted by Gasteiger charge is 2.22. The molecule has 0 radical (unpaired) electrons. The van der Waals surface area contributed by atoms with Crippen molar-refractivity contribution in [1.29, 1.82) is 0 Å². The van der Waals surface area contributed by atoms with Crippen LogP contribution in [0, 0.1) is 13.8 Å². The highest BCUT2D eigenvalue weighted by molar-refractivity contribution is 5.84. The number of nitrogens with zero attached hydrogens (tertiary/aromatic N) is 2. The molecule has 0 spiro atoms. The van der Waals surface area contributed by atoms with Crippen molar-refractivity contribution in [3.8, 4) is 0 Å². The largest absolute Gasteiger partial charge is 0.367 e. The van der Waals surface area contributed by atoms with Crippen LogP contribution in [0.2, 0.25) is 0 Å². The third-order valence-electron chi connectivity index (χ3n) is 4.63. The molecule has 3 rings (SSSR count). The molecule has 0 atom stereocenters. The van der Waals surface area contributed by atoms with Gasteiger partial charge in [-0.1, -0.05) is 11.6 Å². The van der Waals surface area contributed by atoms with Crippen molar-refractivity contribution in [1.82, 2.24) is 15.2 Å². The molecular formula is C19H26N4O. The fourth-order valence-electron chi connectivity index (χ4n) is 3.28. The van der Waals surface area contributed by atoms with Crippen LogP contribution in [-0.4, -0.2) is 41.6 Å². The van der Waals surface area contributed by atoms with E-state index >= 15 is 0 Å². The number of hydrogen-bond acceptors (Lipinski definition) is 3. The van der Waals surface area contributed by atoms with Gasteiger partial charge >= 0.3 is 6.03 Å². The zero-order valence-electron chi connectivity index (χ0n) is 14.7. The Bertz CT molecular complexity index is 735. The number of carbonyl (C=O) groups is 1. The number of benzene rings is 1. The Morgan fingerprint density at radius 3 is 2.71 bits per heavy atom. The summed E-state index contributed by atoms with van der Waals surface area (Å²) in [5, 5.41) is 7.63. The number of aromatic nitrogens is 1. The highest BCUT2D eigenvalue weighted by atomic mass is 16.2. The van der Waals surface area contributed by atoms with E-state index in [0.717, 1.165) is 37.3 Å². The smallest absolute Gasteiger partial charge is 0.317 e. The second-order valence-electron chi connectivity index (χ2n) is 6.59. The summed E-state index contributed by atoms with van der Waals surface area (Å²) in [6.45, 7) is 8.43. The van der Waals surface area contributed by atoms with Gasteiger partial charge in [0.15, 0.2) is 0 Å². The summed E-state index contributed by atoms with van der Waals surface area (Å²) in [5.74, 6) is 0.931. The number of anilines is 1. The maximum absolute atomic E-state index is 11.9. The number of fused-ring (bicyclic) bond motifs is 1. The van der Waals surface area contributed by atoms with Crippen molar-refractivity contribution in [2.75, 3.05) is 25.0 Å². The predicted octanol–water partition coefficient (Wildman–Crippen LogP) is 3.46. The molecule has 0 unspecified atom stereocenters. The number of nitrogens with one attached hydrogen (secondary N) is 2. The lowest BCUT2D eigenvalue weighted by atomic mass is 10.0. The van der Waals surface area contributed by atoms with Crippen molar-refractivity contribution in [2.45, 2.75) is 39.7 Å². The molecule has 24 heavy (non-hydrogen) atoms. The SMILES string of the molecule is CCNC(=O)N1CCC(Nc2cc(C)c3cc(C)ccc3n2)CC1. The van der Waals surface area contributed by atoms with Gasteiger partial charge in [-0.2, -0.15) is 0 Å². The molecule has 2 N–H and O–H groups in total. The number of urea groups is 1. The highest BCUT2D eigenvalue weighted by Crippen LogP contribution is 2.23. The number of aryl methyl sites for hydroxylation is 2. The Morgan fingerprint density at radius 2 is 2.00 bits per heavy atom. The Hall–Kier alpha value is -2.30. The fourth-order valence-corrected chi connectivity index (χ4v) is 3.28. The normalized spacial score (nSPS) is 15.5. The Kier molecular flexibility index (Phi) is 4.88. The van der Waals surface area contributed by atoms with E-state index in [1.807, 2.05) is 11.8 Å². The van der Waals surface area contributed by atoms with Crippen LogP contribution in [0.3, 0.4) is 0 Å². The lowest BCUT2D eigenvalue weighted by Gasteiger charge is -2.32. The van der Waals surface area contributed by atoms with Crippen molar-refractivity contribution in [3.05, 3.63) is 35.4 Å². The molecule has 0 aliphatic carbocycles. The van der Waals surface area contributed by atoms with Gasteiger partial charge in [0.25, 0.3) is 0 Å². The second-order valence-corrected chi connectivity index (χ2v) is 6.59. The van der Waals surface area contributed by atoms with E-state index in [9.17, 15) is 4.79 Å². The molecule has 1 fully saturated rings. The van der Waals surface area contributed by atoms with E-state index in [1.165, 1.54) is 16.5 Å². The number of carbonyl (C=O) groups excluding carboxylic acids is 1. The average molecular weight is 326 g/mol. The summed E-state index contributed by atoms with van der Waals surface area (Å²) >= 11 is 0. The minimum Gasteiger partial charge on any atom is -0.367 e. The number of pyridine rings is 1. The summed E-state index contributed by atoms with van der Waals surface area (Å²) in [7, 11) is 0. The molecular weight excluding hydrogens is 300 g/mol. The zero-order valence-corrected chi connectivity index (χ0v) is 14.7. The third-order valence-corrected chi connectivity index (χ3v) is 4.63. The molecule has 0 bridgehead atoms. The van der Waals surface area contributed by atoms with Gasteiger partial charge < -0.3 is 15.5 Å². The van der Waals surface area contributed by atoms with Gasteiger partial charge in [-0.15, -0.1) is 0 Å². The summed E-state index contributed by atoms with van der Waals surface area (Å²) < 4.78 is 0. The number of hydrogen-bond donors (Lipinski definition) is 2. The van der Waals surface area contributed by atoms with Crippen molar-refractivity contribution in [3.63, 3.8) is 0 Å². The van der Waals surface area contributed by atoms with E-state index in [-0.39, 0.29) is 6.03 Å². The van der Waals surface area contributed by atoms with Gasteiger partial charge in [-0.25, -0.2) is 9.78 Å². The molecule has 128 valence electrons. The molecule has 5 nitrogen and oxygen atoms in total. The van der Waals surface area contributed by atoms with Crippen LogP contribution >= 0.6 is 0 Å². The summed E-state index contributed by atoms with van der Waals surface area (Å²) in [6.07, 6.45) is 1.90. The minimum absolute atomic E-state index is 0.0472.